The lowest BCUT2D eigenvalue weighted by molar-refractivity contribution is -0.143. The van der Waals surface area contributed by atoms with Crippen LogP contribution in [-0.2, 0) is 9.53 Å². The van der Waals surface area contributed by atoms with E-state index in [1.54, 1.807) is 0 Å². The number of aromatic amines is 1. The van der Waals surface area contributed by atoms with Crippen molar-refractivity contribution < 1.29 is 9.53 Å². The minimum atomic E-state index is -0.283. The van der Waals surface area contributed by atoms with Gasteiger partial charge in [0.2, 0.25) is 0 Å². The number of imidazole rings is 1. The lowest BCUT2D eigenvalue weighted by atomic mass is 9.83. The summed E-state index contributed by atoms with van der Waals surface area (Å²) >= 11 is 0. The maximum atomic E-state index is 11.7. The van der Waals surface area contributed by atoms with E-state index in [0.717, 1.165) is 5.82 Å². The quantitative estimate of drug-likeness (QED) is 0.817. The van der Waals surface area contributed by atoms with Crippen molar-refractivity contribution in [2.75, 3.05) is 7.11 Å². The molecule has 4 heteroatoms. The third-order valence-corrected chi connectivity index (χ3v) is 3.58. The second-order valence-corrected chi connectivity index (χ2v) is 5.10. The second-order valence-electron chi connectivity index (χ2n) is 5.10. The Morgan fingerprint density at radius 2 is 2.24 bits per heavy atom. The van der Waals surface area contributed by atoms with Crippen LogP contribution in [-0.4, -0.2) is 23.0 Å². The lowest BCUT2D eigenvalue weighted by Gasteiger charge is -2.23. The number of nitrogens with one attached hydrogen (secondary N) is 1. The SMILES string of the molecule is COC(=O)C(c1ncc(C2CCC2)[nH]1)C(C)C. The Morgan fingerprint density at radius 1 is 1.53 bits per heavy atom. The van der Waals surface area contributed by atoms with Gasteiger partial charge in [-0.05, 0) is 18.8 Å². The number of esters is 1. The zero-order chi connectivity index (χ0) is 12.4. The highest BCUT2D eigenvalue weighted by molar-refractivity contribution is 5.77. The summed E-state index contributed by atoms with van der Waals surface area (Å²) < 4.78 is 4.84. The van der Waals surface area contributed by atoms with E-state index >= 15 is 0 Å². The molecular weight excluding hydrogens is 216 g/mol. The van der Waals surface area contributed by atoms with Crippen molar-refractivity contribution >= 4 is 5.97 Å². The highest BCUT2D eigenvalue weighted by atomic mass is 16.5. The van der Waals surface area contributed by atoms with Crippen LogP contribution in [0.2, 0.25) is 0 Å². The van der Waals surface area contributed by atoms with Crippen LogP contribution in [0.5, 0.6) is 0 Å². The normalized spacial score (nSPS) is 17.9. The van der Waals surface area contributed by atoms with Crippen molar-refractivity contribution in [3.05, 3.63) is 17.7 Å². The van der Waals surface area contributed by atoms with E-state index in [-0.39, 0.29) is 17.8 Å². The van der Waals surface area contributed by atoms with Gasteiger partial charge in [0.15, 0.2) is 0 Å². The molecule has 0 aromatic carbocycles. The molecule has 1 atom stereocenters. The molecule has 1 fully saturated rings. The van der Waals surface area contributed by atoms with Crippen molar-refractivity contribution in [2.45, 2.75) is 44.9 Å². The zero-order valence-electron chi connectivity index (χ0n) is 10.7. The summed E-state index contributed by atoms with van der Waals surface area (Å²) in [5, 5.41) is 0. The van der Waals surface area contributed by atoms with Gasteiger partial charge >= 0.3 is 5.97 Å². The van der Waals surface area contributed by atoms with Crippen molar-refractivity contribution in [3.8, 4) is 0 Å². The first-order chi connectivity index (χ1) is 8.13. The number of nitrogens with zero attached hydrogens (tertiary/aromatic N) is 1. The van der Waals surface area contributed by atoms with Crippen molar-refractivity contribution in [3.63, 3.8) is 0 Å². The van der Waals surface area contributed by atoms with Crippen LogP contribution in [0.3, 0.4) is 0 Å². The Morgan fingerprint density at radius 3 is 2.71 bits per heavy atom. The van der Waals surface area contributed by atoms with E-state index in [1.165, 1.54) is 32.1 Å². The number of ether oxygens (including phenoxy) is 1. The summed E-state index contributed by atoms with van der Waals surface area (Å²) in [4.78, 5) is 19.4. The molecule has 94 valence electrons. The summed E-state index contributed by atoms with van der Waals surface area (Å²) in [5.74, 6) is 1.04. The number of carbonyl (C=O) groups excluding carboxylic acids is 1. The zero-order valence-corrected chi connectivity index (χ0v) is 10.7. The maximum Gasteiger partial charge on any atom is 0.316 e. The molecule has 1 aliphatic rings. The average Bonchev–Trinajstić information content (AvgIpc) is 2.63. The predicted octanol–water partition coefficient (Wildman–Crippen LogP) is 2.59. The first-order valence-corrected chi connectivity index (χ1v) is 6.26. The van der Waals surface area contributed by atoms with E-state index in [0.29, 0.717) is 5.92 Å². The molecule has 0 amide bonds. The predicted molar refractivity (Wildman–Crippen MR) is 64.8 cm³/mol. The summed E-state index contributed by atoms with van der Waals surface area (Å²) in [6, 6.07) is 0. The Bertz CT molecular complexity index is 394. The topological polar surface area (TPSA) is 55.0 Å². The number of rotatable bonds is 4. The fraction of sp³-hybridized carbons (Fsp3) is 0.692. The van der Waals surface area contributed by atoms with Crippen molar-refractivity contribution in [1.82, 2.24) is 9.97 Å². The number of methoxy groups -OCH3 is 1. The summed E-state index contributed by atoms with van der Waals surface area (Å²) in [5.41, 5.74) is 1.17. The van der Waals surface area contributed by atoms with Gasteiger partial charge in [0.05, 0.1) is 7.11 Å². The molecule has 1 heterocycles. The van der Waals surface area contributed by atoms with Crippen LogP contribution in [0.4, 0.5) is 0 Å². The van der Waals surface area contributed by atoms with Crippen molar-refractivity contribution in [1.29, 1.82) is 0 Å². The summed E-state index contributed by atoms with van der Waals surface area (Å²) in [7, 11) is 1.42. The molecule has 1 aliphatic carbocycles. The van der Waals surface area contributed by atoms with E-state index in [1.807, 2.05) is 20.0 Å². The van der Waals surface area contributed by atoms with Gasteiger partial charge in [-0.25, -0.2) is 4.98 Å². The first-order valence-electron chi connectivity index (χ1n) is 6.26. The summed E-state index contributed by atoms with van der Waals surface area (Å²) in [6.45, 7) is 4.01. The fourth-order valence-electron chi connectivity index (χ4n) is 2.26. The Kier molecular flexibility index (Phi) is 3.50. The molecule has 0 radical (unpaired) electrons. The van der Waals surface area contributed by atoms with Gasteiger partial charge in [-0.1, -0.05) is 20.3 Å². The molecule has 1 aromatic heterocycles. The molecule has 17 heavy (non-hydrogen) atoms. The number of hydrogen-bond acceptors (Lipinski definition) is 3. The van der Waals surface area contributed by atoms with Gasteiger partial charge in [0, 0.05) is 17.8 Å². The van der Waals surface area contributed by atoms with Crippen LogP contribution in [0.25, 0.3) is 0 Å². The molecule has 1 N–H and O–H groups in total. The van der Waals surface area contributed by atoms with Gasteiger partial charge < -0.3 is 9.72 Å². The highest BCUT2D eigenvalue weighted by Crippen LogP contribution is 2.36. The smallest absolute Gasteiger partial charge is 0.316 e. The Labute approximate surface area is 102 Å². The highest BCUT2D eigenvalue weighted by Gasteiger charge is 2.29. The molecule has 0 bridgehead atoms. The van der Waals surface area contributed by atoms with Crippen LogP contribution >= 0.6 is 0 Å². The first kappa shape index (κ1) is 12.1. The monoisotopic (exact) mass is 236 g/mol. The standard InChI is InChI=1S/C13H20N2O2/c1-8(2)11(13(16)17-3)12-14-7-10(15-12)9-5-4-6-9/h7-9,11H,4-6H2,1-3H3,(H,14,15). The average molecular weight is 236 g/mol. The minimum Gasteiger partial charge on any atom is -0.468 e. The number of hydrogen-bond donors (Lipinski definition) is 1. The molecule has 0 aliphatic heterocycles. The largest absolute Gasteiger partial charge is 0.468 e. The molecule has 2 rings (SSSR count). The van der Waals surface area contributed by atoms with E-state index in [2.05, 4.69) is 9.97 Å². The number of aromatic nitrogens is 2. The van der Waals surface area contributed by atoms with Gasteiger partial charge in [-0.3, -0.25) is 4.79 Å². The second kappa shape index (κ2) is 4.90. The van der Waals surface area contributed by atoms with Gasteiger partial charge in [-0.15, -0.1) is 0 Å². The maximum absolute atomic E-state index is 11.7. The van der Waals surface area contributed by atoms with E-state index in [9.17, 15) is 4.79 Å². The molecule has 1 aromatic rings. The number of carbonyl (C=O) groups is 1. The molecule has 0 saturated heterocycles. The van der Waals surface area contributed by atoms with Gasteiger partial charge in [-0.2, -0.15) is 0 Å². The molecule has 1 saturated carbocycles. The Hall–Kier alpha value is -1.32. The molecule has 0 spiro atoms. The van der Waals surface area contributed by atoms with E-state index in [4.69, 9.17) is 4.74 Å². The fourth-order valence-corrected chi connectivity index (χ4v) is 2.26. The molecule has 1 unspecified atom stereocenters. The summed E-state index contributed by atoms with van der Waals surface area (Å²) in [6.07, 6.45) is 5.62. The van der Waals surface area contributed by atoms with Gasteiger partial charge in [0.1, 0.15) is 11.7 Å². The molecular formula is C13H20N2O2. The molecule has 4 nitrogen and oxygen atoms in total. The Balaban J connectivity index is 2.17. The van der Waals surface area contributed by atoms with Crippen LogP contribution in [0, 0.1) is 5.92 Å². The minimum absolute atomic E-state index is 0.183. The third kappa shape index (κ3) is 2.35. The lowest BCUT2D eigenvalue weighted by Crippen LogP contribution is -2.21. The van der Waals surface area contributed by atoms with Crippen LogP contribution in [0.1, 0.15) is 56.5 Å². The van der Waals surface area contributed by atoms with Crippen molar-refractivity contribution in [2.24, 2.45) is 5.92 Å². The number of H-pyrrole nitrogens is 1. The van der Waals surface area contributed by atoms with Crippen LogP contribution in [0.15, 0.2) is 6.20 Å². The third-order valence-electron chi connectivity index (χ3n) is 3.58. The van der Waals surface area contributed by atoms with Gasteiger partial charge in [0.25, 0.3) is 0 Å². The van der Waals surface area contributed by atoms with Crippen LogP contribution < -0.4 is 0 Å². The van der Waals surface area contributed by atoms with E-state index < -0.39 is 0 Å².